The molecule has 0 bridgehead atoms. The molecular formula is C23H27N3O3S2. The highest BCUT2D eigenvalue weighted by atomic mass is 32.2. The number of nitrogens with one attached hydrogen (secondary N) is 1. The van der Waals surface area contributed by atoms with Gasteiger partial charge in [-0.1, -0.05) is 36.4 Å². The average molecular weight is 458 g/mol. The van der Waals surface area contributed by atoms with E-state index in [-0.39, 0.29) is 11.8 Å². The lowest BCUT2D eigenvalue weighted by Crippen LogP contribution is -2.34. The lowest BCUT2D eigenvalue weighted by Gasteiger charge is -2.20. The number of carbonyl (C=O) groups is 2. The number of nitrogens with zero attached hydrogens (tertiary/aromatic N) is 2. The van der Waals surface area contributed by atoms with Gasteiger partial charge in [0.05, 0.1) is 0 Å². The molecule has 2 aromatic heterocycles. The third kappa shape index (κ3) is 5.49. The van der Waals surface area contributed by atoms with E-state index in [2.05, 4.69) is 10.3 Å². The molecule has 0 atom stereocenters. The molecule has 1 aliphatic heterocycles. The largest absolute Gasteiger partial charge is 0.451 e. The van der Waals surface area contributed by atoms with E-state index in [4.69, 9.17) is 4.42 Å². The van der Waals surface area contributed by atoms with E-state index in [9.17, 15) is 9.59 Å². The van der Waals surface area contributed by atoms with Crippen LogP contribution in [0.4, 0.5) is 0 Å². The van der Waals surface area contributed by atoms with Gasteiger partial charge in [-0.05, 0) is 32.3 Å². The molecule has 0 radical (unpaired) electrons. The fourth-order valence-corrected chi connectivity index (χ4v) is 5.66. The van der Waals surface area contributed by atoms with E-state index in [0.717, 1.165) is 53.2 Å². The Labute approximate surface area is 190 Å². The predicted molar refractivity (Wildman–Crippen MR) is 125 cm³/mol. The molecule has 4 rings (SSSR count). The van der Waals surface area contributed by atoms with Crippen molar-refractivity contribution in [3.05, 3.63) is 46.7 Å². The van der Waals surface area contributed by atoms with Gasteiger partial charge in [0.15, 0.2) is 5.76 Å². The predicted octanol–water partition coefficient (Wildman–Crippen LogP) is 5.01. The molecule has 164 valence electrons. The quantitative estimate of drug-likeness (QED) is 0.380. The first-order chi connectivity index (χ1) is 15.1. The van der Waals surface area contributed by atoms with Crippen LogP contribution < -0.4 is 5.32 Å². The van der Waals surface area contributed by atoms with Crippen LogP contribution in [0.25, 0.3) is 11.0 Å². The maximum absolute atomic E-state index is 12.9. The summed E-state index contributed by atoms with van der Waals surface area (Å²) in [6, 6.07) is 7.74. The molecule has 6 nitrogen and oxygen atoms in total. The number of benzene rings is 1. The van der Waals surface area contributed by atoms with Gasteiger partial charge in [0, 0.05) is 53.8 Å². The summed E-state index contributed by atoms with van der Waals surface area (Å²) in [5.41, 5.74) is 2.62. The average Bonchev–Trinajstić information content (AvgIpc) is 3.29. The van der Waals surface area contributed by atoms with Crippen LogP contribution in [0, 0.1) is 6.92 Å². The van der Waals surface area contributed by atoms with Crippen LogP contribution in [0.5, 0.6) is 0 Å². The first-order valence-electron chi connectivity index (χ1n) is 10.7. The van der Waals surface area contributed by atoms with Crippen LogP contribution in [-0.2, 0) is 10.5 Å². The van der Waals surface area contributed by atoms with Crippen molar-refractivity contribution in [2.75, 3.05) is 19.6 Å². The van der Waals surface area contributed by atoms with Crippen molar-refractivity contribution in [3.63, 3.8) is 0 Å². The normalized spacial score (nSPS) is 14.7. The monoisotopic (exact) mass is 457 g/mol. The Hall–Kier alpha value is -2.32. The minimum absolute atomic E-state index is 0.204. The zero-order valence-corrected chi connectivity index (χ0v) is 19.3. The number of thiazole rings is 1. The van der Waals surface area contributed by atoms with Crippen molar-refractivity contribution in [1.29, 1.82) is 0 Å². The summed E-state index contributed by atoms with van der Waals surface area (Å²) < 4.78 is 6.91. The van der Waals surface area contributed by atoms with Gasteiger partial charge in [0.1, 0.15) is 9.92 Å². The van der Waals surface area contributed by atoms with Gasteiger partial charge >= 0.3 is 0 Å². The lowest BCUT2D eigenvalue weighted by atomic mass is 10.1. The number of likely N-dealkylation sites (tertiary alicyclic amines) is 1. The number of rotatable bonds is 8. The molecule has 0 saturated carbocycles. The summed E-state index contributed by atoms with van der Waals surface area (Å²) in [4.78, 5) is 31.5. The smallest absolute Gasteiger partial charge is 0.287 e. The van der Waals surface area contributed by atoms with E-state index < -0.39 is 0 Å². The first kappa shape index (κ1) is 21.9. The van der Waals surface area contributed by atoms with Crippen LogP contribution in [0.1, 0.15) is 53.9 Å². The topological polar surface area (TPSA) is 75.4 Å². The molecule has 1 aliphatic rings. The molecule has 8 heteroatoms. The number of hydrogen-bond donors (Lipinski definition) is 1. The minimum Gasteiger partial charge on any atom is -0.451 e. The highest BCUT2D eigenvalue weighted by Crippen LogP contribution is 2.33. The van der Waals surface area contributed by atoms with Crippen LogP contribution >= 0.6 is 23.1 Å². The second kappa shape index (κ2) is 10.3. The molecule has 0 aliphatic carbocycles. The number of thioether (sulfide) groups is 1. The van der Waals surface area contributed by atoms with E-state index in [1.165, 1.54) is 0 Å². The Balaban J connectivity index is 1.39. The maximum Gasteiger partial charge on any atom is 0.287 e. The second-order valence-corrected chi connectivity index (χ2v) is 9.83. The van der Waals surface area contributed by atoms with Gasteiger partial charge in [-0.25, -0.2) is 4.98 Å². The third-order valence-corrected chi connectivity index (χ3v) is 7.57. The molecule has 2 amide bonds. The Bertz CT molecular complexity index is 1060. The SMILES string of the molecule is Cc1csc(SCc2c(C(=O)NCCCN3CCCCCC3=O)oc3ccccc23)n1. The minimum atomic E-state index is -0.204. The lowest BCUT2D eigenvalue weighted by molar-refractivity contribution is -0.130. The number of amides is 2. The summed E-state index contributed by atoms with van der Waals surface area (Å²) in [5.74, 6) is 1.02. The van der Waals surface area contributed by atoms with Crippen molar-refractivity contribution < 1.29 is 14.0 Å². The molecule has 1 fully saturated rings. The molecule has 1 N–H and O–H groups in total. The molecule has 0 unspecified atom stereocenters. The van der Waals surface area contributed by atoms with Crippen molar-refractivity contribution >= 4 is 45.9 Å². The number of aromatic nitrogens is 1. The zero-order valence-electron chi connectivity index (χ0n) is 17.7. The summed E-state index contributed by atoms with van der Waals surface area (Å²) in [6.45, 7) is 4.00. The second-order valence-electron chi connectivity index (χ2n) is 7.75. The standard InChI is InChI=1S/C23H27N3O3S2/c1-16-14-30-23(25-16)31-15-18-17-8-4-5-9-19(17)29-21(18)22(28)24-11-7-13-26-12-6-2-3-10-20(26)27/h4-5,8-9,14H,2-3,6-7,10-13,15H2,1H3,(H,24,28). The van der Waals surface area contributed by atoms with Crippen molar-refractivity contribution in [3.8, 4) is 0 Å². The van der Waals surface area contributed by atoms with E-state index >= 15 is 0 Å². The Morgan fingerprint density at radius 1 is 1.29 bits per heavy atom. The van der Waals surface area contributed by atoms with E-state index in [0.29, 0.717) is 36.6 Å². The number of furan rings is 1. The number of fused-ring (bicyclic) bond motifs is 1. The molecule has 31 heavy (non-hydrogen) atoms. The van der Waals surface area contributed by atoms with Crippen LogP contribution in [0.2, 0.25) is 0 Å². The highest BCUT2D eigenvalue weighted by molar-refractivity contribution is 8.00. The molecule has 1 aromatic carbocycles. The number of hydrogen-bond acceptors (Lipinski definition) is 6. The van der Waals surface area contributed by atoms with Gasteiger partial charge in [-0.2, -0.15) is 0 Å². The number of para-hydroxylation sites is 1. The number of carbonyl (C=O) groups excluding carboxylic acids is 2. The summed E-state index contributed by atoms with van der Waals surface area (Å²) >= 11 is 3.23. The van der Waals surface area contributed by atoms with Gasteiger partial charge in [0.25, 0.3) is 5.91 Å². The zero-order chi connectivity index (χ0) is 21.6. The van der Waals surface area contributed by atoms with Crippen molar-refractivity contribution in [2.45, 2.75) is 49.1 Å². The Morgan fingerprint density at radius 3 is 3.00 bits per heavy atom. The summed E-state index contributed by atoms with van der Waals surface area (Å²) in [6.07, 6.45) is 4.55. The molecule has 1 saturated heterocycles. The Morgan fingerprint density at radius 2 is 2.16 bits per heavy atom. The Kier molecular flexibility index (Phi) is 7.29. The molecule has 0 spiro atoms. The molecule has 3 aromatic rings. The molecular weight excluding hydrogens is 430 g/mol. The maximum atomic E-state index is 12.9. The van der Waals surface area contributed by atoms with Gasteiger partial charge < -0.3 is 14.6 Å². The highest BCUT2D eigenvalue weighted by Gasteiger charge is 2.21. The van der Waals surface area contributed by atoms with Crippen LogP contribution in [0.3, 0.4) is 0 Å². The summed E-state index contributed by atoms with van der Waals surface area (Å²) in [7, 11) is 0. The molecule has 3 heterocycles. The fraction of sp³-hybridized carbons (Fsp3) is 0.435. The van der Waals surface area contributed by atoms with Gasteiger partial charge in [0.2, 0.25) is 5.91 Å². The van der Waals surface area contributed by atoms with E-state index in [1.807, 2.05) is 41.5 Å². The van der Waals surface area contributed by atoms with Crippen molar-refractivity contribution in [2.24, 2.45) is 0 Å². The summed E-state index contributed by atoms with van der Waals surface area (Å²) in [5, 5.41) is 5.97. The van der Waals surface area contributed by atoms with Crippen molar-refractivity contribution in [1.82, 2.24) is 15.2 Å². The van der Waals surface area contributed by atoms with Gasteiger partial charge in [-0.3, -0.25) is 9.59 Å². The van der Waals surface area contributed by atoms with Crippen LogP contribution in [-0.4, -0.2) is 41.3 Å². The van der Waals surface area contributed by atoms with Gasteiger partial charge in [-0.15, -0.1) is 11.3 Å². The fourth-order valence-electron chi connectivity index (χ4n) is 3.79. The third-order valence-electron chi connectivity index (χ3n) is 5.40. The number of aryl methyl sites for hydroxylation is 1. The first-order valence-corrected chi connectivity index (χ1v) is 12.6. The van der Waals surface area contributed by atoms with E-state index in [1.54, 1.807) is 23.1 Å². The van der Waals surface area contributed by atoms with Crippen LogP contribution in [0.15, 0.2) is 38.4 Å².